The summed E-state index contributed by atoms with van der Waals surface area (Å²) in [7, 11) is 0. The number of aromatic amines is 1. The van der Waals surface area contributed by atoms with Crippen molar-refractivity contribution in [3.05, 3.63) is 51.6 Å². The second kappa shape index (κ2) is 4.21. The van der Waals surface area contributed by atoms with E-state index in [2.05, 4.69) is 14.5 Å². The summed E-state index contributed by atoms with van der Waals surface area (Å²) in [5, 5.41) is 3.65. The average molecular weight is 231 g/mol. The first kappa shape index (κ1) is 10.5. The van der Waals surface area contributed by atoms with E-state index in [9.17, 15) is 4.79 Å². The summed E-state index contributed by atoms with van der Waals surface area (Å²) in [5.41, 5.74) is 1.76. The van der Waals surface area contributed by atoms with Gasteiger partial charge in [0, 0.05) is 5.69 Å². The Balaban J connectivity index is 2.39. The van der Waals surface area contributed by atoms with Crippen molar-refractivity contribution in [2.45, 2.75) is 6.92 Å². The maximum atomic E-state index is 11.2. The number of nitrogens with one attached hydrogen (secondary N) is 2. The fraction of sp³-hybridized carbons (Fsp3) is 0.0909. The smallest absolute Gasteiger partial charge is 0.285 e. The zero-order chi connectivity index (χ0) is 11.5. The topological polar surface area (TPSA) is 49.2 Å². The lowest BCUT2D eigenvalue weighted by atomic mass is 10.2. The molecule has 0 amide bonds. The van der Waals surface area contributed by atoms with Crippen LogP contribution in [0, 0.1) is 13.5 Å². The second-order valence-electron chi connectivity index (χ2n) is 3.26. The maximum absolute atomic E-state index is 11.2. The summed E-state index contributed by atoms with van der Waals surface area (Å²) in [6.07, 6.45) is 0. The Morgan fingerprint density at radius 2 is 2.19 bits per heavy atom. The number of hydrogen-bond donors (Lipinski definition) is 2. The van der Waals surface area contributed by atoms with Crippen LogP contribution in [0.15, 0.2) is 29.1 Å². The van der Waals surface area contributed by atoms with Gasteiger partial charge in [0.05, 0.1) is 6.57 Å². The molecular weight excluding hydrogens is 222 g/mol. The second-order valence-corrected chi connectivity index (χ2v) is 4.08. The molecule has 1 aromatic heterocycles. The van der Waals surface area contributed by atoms with E-state index in [1.54, 1.807) is 0 Å². The number of para-hydroxylation sites is 1. The van der Waals surface area contributed by atoms with Crippen LogP contribution in [-0.4, -0.2) is 4.37 Å². The summed E-state index contributed by atoms with van der Waals surface area (Å²) in [4.78, 5) is 14.5. The molecule has 0 spiro atoms. The SMILES string of the molecule is [C-]#[N+]c1c(Nc2ccccc2C)s[nH]c1=O. The first-order valence-electron chi connectivity index (χ1n) is 4.64. The van der Waals surface area contributed by atoms with E-state index >= 15 is 0 Å². The van der Waals surface area contributed by atoms with Crippen LogP contribution in [0.3, 0.4) is 0 Å². The molecule has 2 N–H and O–H groups in total. The summed E-state index contributed by atoms with van der Waals surface area (Å²) < 4.78 is 2.54. The van der Waals surface area contributed by atoms with Gasteiger partial charge in [-0.25, -0.2) is 4.85 Å². The van der Waals surface area contributed by atoms with Gasteiger partial charge < -0.3 is 5.32 Å². The van der Waals surface area contributed by atoms with Crippen molar-refractivity contribution in [3.63, 3.8) is 0 Å². The van der Waals surface area contributed by atoms with E-state index in [4.69, 9.17) is 6.57 Å². The summed E-state index contributed by atoms with van der Waals surface area (Å²) in [6, 6.07) is 7.72. The highest BCUT2D eigenvalue weighted by Crippen LogP contribution is 2.29. The molecule has 0 saturated carbocycles. The van der Waals surface area contributed by atoms with Gasteiger partial charge >= 0.3 is 0 Å². The Morgan fingerprint density at radius 1 is 1.44 bits per heavy atom. The van der Waals surface area contributed by atoms with Gasteiger partial charge in [-0.05, 0) is 18.6 Å². The predicted molar refractivity (Wildman–Crippen MR) is 65.7 cm³/mol. The van der Waals surface area contributed by atoms with Gasteiger partial charge in [-0.15, -0.1) is 0 Å². The van der Waals surface area contributed by atoms with E-state index in [0.29, 0.717) is 5.00 Å². The molecule has 2 aromatic rings. The third-order valence-corrected chi connectivity index (χ3v) is 2.97. The molecule has 0 aliphatic rings. The highest BCUT2D eigenvalue weighted by atomic mass is 32.1. The van der Waals surface area contributed by atoms with Gasteiger partial charge in [-0.2, -0.15) is 0 Å². The number of rotatable bonds is 2. The fourth-order valence-electron chi connectivity index (χ4n) is 1.32. The molecule has 1 heterocycles. The van der Waals surface area contributed by atoms with Crippen LogP contribution in [0.5, 0.6) is 0 Å². The highest BCUT2D eigenvalue weighted by molar-refractivity contribution is 7.11. The zero-order valence-corrected chi connectivity index (χ0v) is 9.39. The standard InChI is InChI=1S/C11H9N3OS/c1-7-5-3-4-6-8(7)13-11-9(12-2)10(15)14-16-11/h3-6,13H,1H3,(H,14,15). The zero-order valence-electron chi connectivity index (χ0n) is 8.57. The van der Waals surface area contributed by atoms with E-state index in [1.165, 1.54) is 0 Å². The largest absolute Gasteiger partial charge is 0.355 e. The van der Waals surface area contributed by atoms with Crippen LogP contribution in [0.4, 0.5) is 16.4 Å². The molecule has 0 aliphatic carbocycles. The third kappa shape index (κ3) is 1.83. The minimum absolute atomic E-state index is 0.119. The third-order valence-electron chi connectivity index (χ3n) is 2.18. The highest BCUT2D eigenvalue weighted by Gasteiger charge is 2.10. The molecule has 80 valence electrons. The molecule has 1 aromatic carbocycles. The maximum Gasteiger partial charge on any atom is 0.285 e. The van der Waals surface area contributed by atoms with Gasteiger partial charge in [-0.1, -0.05) is 29.7 Å². The normalized spacial score (nSPS) is 9.75. The van der Waals surface area contributed by atoms with E-state index in [1.807, 2.05) is 31.2 Å². The first-order valence-corrected chi connectivity index (χ1v) is 5.45. The van der Waals surface area contributed by atoms with Gasteiger partial charge in [0.1, 0.15) is 5.00 Å². The summed E-state index contributed by atoms with van der Waals surface area (Å²) >= 11 is 1.14. The lowest BCUT2D eigenvalue weighted by Gasteiger charge is -2.06. The van der Waals surface area contributed by atoms with Crippen molar-refractivity contribution in [3.8, 4) is 0 Å². The van der Waals surface area contributed by atoms with Crippen molar-refractivity contribution in [1.29, 1.82) is 0 Å². The Morgan fingerprint density at radius 3 is 2.88 bits per heavy atom. The molecule has 0 bridgehead atoms. The van der Waals surface area contributed by atoms with Crippen LogP contribution in [0.1, 0.15) is 5.56 Å². The van der Waals surface area contributed by atoms with Gasteiger partial charge in [0.2, 0.25) is 0 Å². The van der Waals surface area contributed by atoms with E-state index < -0.39 is 0 Å². The van der Waals surface area contributed by atoms with Crippen LogP contribution >= 0.6 is 11.5 Å². The molecule has 2 rings (SSSR count). The molecule has 0 atom stereocenters. The molecule has 16 heavy (non-hydrogen) atoms. The molecule has 0 saturated heterocycles. The number of hydrogen-bond acceptors (Lipinski definition) is 3. The molecule has 0 aliphatic heterocycles. The molecule has 5 heteroatoms. The Hall–Kier alpha value is -2.06. The lowest BCUT2D eigenvalue weighted by molar-refractivity contribution is 1.43. The Bertz CT molecular complexity index is 606. The Kier molecular flexibility index (Phi) is 2.75. The van der Waals surface area contributed by atoms with E-state index in [-0.39, 0.29) is 11.2 Å². The average Bonchev–Trinajstić information content (AvgIpc) is 2.63. The molecule has 0 unspecified atom stereocenters. The van der Waals surface area contributed by atoms with Crippen molar-refractivity contribution in [1.82, 2.24) is 4.37 Å². The monoisotopic (exact) mass is 231 g/mol. The van der Waals surface area contributed by atoms with Crippen molar-refractivity contribution in [2.75, 3.05) is 5.32 Å². The molecular formula is C11H9N3OS. The van der Waals surface area contributed by atoms with Crippen LogP contribution < -0.4 is 10.9 Å². The van der Waals surface area contributed by atoms with Crippen molar-refractivity contribution in [2.24, 2.45) is 0 Å². The van der Waals surface area contributed by atoms with Crippen molar-refractivity contribution >= 4 is 27.9 Å². The summed E-state index contributed by atoms with van der Waals surface area (Å²) in [5.74, 6) is 0. The number of benzene rings is 1. The number of nitrogens with zero attached hydrogens (tertiary/aromatic N) is 1. The molecule has 0 radical (unpaired) electrons. The Labute approximate surface area is 96.5 Å². The first-order chi connectivity index (χ1) is 7.72. The summed E-state index contributed by atoms with van der Waals surface area (Å²) in [6.45, 7) is 8.90. The number of H-pyrrole nitrogens is 1. The number of aromatic nitrogens is 1. The molecule has 0 fully saturated rings. The fourth-order valence-corrected chi connectivity index (χ4v) is 2.01. The molecule has 4 nitrogen and oxygen atoms in total. The van der Waals surface area contributed by atoms with Crippen LogP contribution in [0.2, 0.25) is 0 Å². The quantitative estimate of drug-likeness (QED) is 0.780. The van der Waals surface area contributed by atoms with E-state index in [0.717, 1.165) is 22.8 Å². The predicted octanol–water partition coefficient (Wildman–Crippen LogP) is 3.04. The minimum Gasteiger partial charge on any atom is -0.355 e. The van der Waals surface area contributed by atoms with Gasteiger partial charge in [0.25, 0.3) is 11.2 Å². The minimum atomic E-state index is -0.337. The van der Waals surface area contributed by atoms with Crippen molar-refractivity contribution < 1.29 is 0 Å². The van der Waals surface area contributed by atoms with Crippen LogP contribution in [-0.2, 0) is 0 Å². The number of anilines is 2. The van der Waals surface area contributed by atoms with Gasteiger partial charge in [-0.3, -0.25) is 9.17 Å². The van der Waals surface area contributed by atoms with Gasteiger partial charge in [0.15, 0.2) is 0 Å². The lowest BCUT2D eigenvalue weighted by Crippen LogP contribution is -1.96. The number of aryl methyl sites for hydroxylation is 1. The van der Waals surface area contributed by atoms with Crippen LogP contribution in [0.25, 0.3) is 4.85 Å².